The summed E-state index contributed by atoms with van der Waals surface area (Å²) in [5.41, 5.74) is 6.23. The van der Waals surface area contributed by atoms with Gasteiger partial charge in [-0.2, -0.15) is 0 Å². The Balaban J connectivity index is 1.51. The fraction of sp³-hybridized carbons (Fsp3) is 0.393. The number of aryl methyl sites for hydroxylation is 1. The van der Waals surface area contributed by atoms with Crippen LogP contribution in [-0.4, -0.2) is 35.1 Å². The molecule has 176 valence electrons. The second-order valence-electron chi connectivity index (χ2n) is 9.76. The zero-order valence-corrected chi connectivity index (χ0v) is 20.1. The normalized spacial score (nSPS) is 18.6. The van der Waals surface area contributed by atoms with Gasteiger partial charge in [0.05, 0.1) is 24.0 Å². The van der Waals surface area contributed by atoms with Crippen molar-refractivity contribution in [3.63, 3.8) is 0 Å². The first-order chi connectivity index (χ1) is 16.4. The maximum atomic E-state index is 13.0. The highest BCUT2D eigenvalue weighted by atomic mass is 16.5. The molecule has 2 aromatic carbocycles. The fourth-order valence-electron chi connectivity index (χ4n) is 5.51. The zero-order valence-electron chi connectivity index (χ0n) is 20.1. The second-order valence-corrected chi connectivity index (χ2v) is 9.76. The first-order valence-electron chi connectivity index (χ1n) is 12.2. The van der Waals surface area contributed by atoms with Gasteiger partial charge in [-0.05, 0) is 87.5 Å². The first-order valence-corrected chi connectivity index (χ1v) is 12.2. The minimum absolute atomic E-state index is 0.0428. The maximum absolute atomic E-state index is 13.0. The van der Waals surface area contributed by atoms with E-state index in [1.54, 1.807) is 12.4 Å². The molecule has 0 unspecified atom stereocenters. The average Bonchev–Trinajstić information content (AvgIpc) is 3.12. The van der Waals surface area contributed by atoms with Gasteiger partial charge in [0.2, 0.25) is 0 Å². The van der Waals surface area contributed by atoms with Crippen LogP contribution in [-0.2, 0) is 5.41 Å². The Labute approximate surface area is 201 Å². The fourth-order valence-corrected chi connectivity index (χ4v) is 5.51. The number of piperidine rings is 1. The molecule has 3 aromatic rings. The lowest BCUT2D eigenvalue weighted by molar-refractivity contribution is 0.0926. The van der Waals surface area contributed by atoms with E-state index in [4.69, 9.17) is 4.74 Å². The van der Waals surface area contributed by atoms with Crippen LogP contribution in [0.4, 0.5) is 0 Å². The van der Waals surface area contributed by atoms with Crippen molar-refractivity contribution in [1.29, 1.82) is 0 Å². The molecular weight excluding hydrogens is 424 g/mol. The van der Waals surface area contributed by atoms with E-state index in [1.807, 2.05) is 32.9 Å². The molecule has 1 atom stereocenters. The molecule has 6 nitrogen and oxygen atoms in total. The van der Waals surface area contributed by atoms with Crippen molar-refractivity contribution >= 4 is 5.91 Å². The largest absolute Gasteiger partial charge is 0.491 e. The Kier molecular flexibility index (Phi) is 6.09. The van der Waals surface area contributed by atoms with E-state index < -0.39 is 0 Å². The van der Waals surface area contributed by atoms with Crippen molar-refractivity contribution in [3.8, 4) is 16.9 Å². The number of rotatable bonds is 5. The van der Waals surface area contributed by atoms with Gasteiger partial charge >= 0.3 is 0 Å². The van der Waals surface area contributed by atoms with Crippen LogP contribution in [0.1, 0.15) is 66.5 Å². The third kappa shape index (κ3) is 4.30. The summed E-state index contributed by atoms with van der Waals surface area (Å²) in [6.45, 7) is 7.91. The zero-order chi connectivity index (χ0) is 23.7. The molecule has 34 heavy (non-hydrogen) atoms. The van der Waals surface area contributed by atoms with Gasteiger partial charge in [0.1, 0.15) is 11.4 Å². The average molecular weight is 457 g/mol. The summed E-state index contributed by atoms with van der Waals surface area (Å²) in [6.07, 6.45) is 6.35. The number of amides is 1. The van der Waals surface area contributed by atoms with Crippen molar-refractivity contribution in [1.82, 2.24) is 20.6 Å². The summed E-state index contributed by atoms with van der Waals surface area (Å²) >= 11 is 0. The smallest absolute Gasteiger partial charge is 0.271 e. The van der Waals surface area contributed by atoms with E-state index in [0.29, 0.717) is 5.69 Å². The molecule has 1 spiro atoms. The highest BCUT2D eigenvalue weighted by Gasteiger charge is 2.46. The number of benzene rings is 2. The standard InChI is InChI=1S/C28H32N4O2/c1-18(2)34-21-9-7-20(8-10-21)22-5-4-6-23-24(15-28(26(22)23)11-13-29-14-12-28)32-27(33)25-17-30-19(3)16-31-25/h4-10,16-18,24,29H,11-15H2,1-3H3,(H,32,33)/t24-/m0/s1. The topological polar surface area (TPSA) is 76.1 Å². The monoisotopic (exact) mass is 456 g/mol. The van der Waals surface area contributed by atoms with Crippen LogP contribution in [0.5, 0.6) is 5.75 Å². The Morgan fingerprint density at radius 2 is 1.85 bits per heavy atom. The van der Waals surface area contributed by atoms with Crippen LogP contribution >= 0.6 is 0 Å². The predicted octanol–water partition coefficient (Wildman–Crippen LogP) is 4.74. The molecule has 1 fully saturated rings. The number of nitrogens with one attached hydrogen (secondary N) is 2. The Hall–Kier alpha value is -3.25. The second kappa shape index (κ2) is 9.18. The summed E-state index contributed by atoms with van der Waals surface area (Å²) in [6, 6.07) is 14.9. The summed E-state index contributed by atoms with van der Waals surface area (Å²) < 4.78 is 5.85. The Morgan fingerprint density at radius 3 is 2.53 bits per heavy atom. The van der Waals surface area contributed by atoms with Gasteiger partial charge in [-0.1, -0.05) is 30.3 Å². The van der Waals surface area contributed by atoms with E-state index in [9.17, 15) is 4.79 Å². The number of ether oxygens (including phenoxy) is 1. The summed E-state index contributed by atoms with van der Waals surface area (Å²) in [7, 11) is 0. The summed E-state index contributed by atoms with van der Waals surface area (Å²) in [4.78, 5) is 21.6. The summed E-state index contributed by atoms with van der Waals surface area (Å²) in [5.74, 6) is 0.710. The third-order valence-electron chi connectivity index (χ3n) is 7.01. The van der Waals surface area contributed by atoms with Crippen LogP contribution in [0.15, 0.2) is 54.9 Å². The van der Waals surface area contributed by atoms with E-state index in [0.717, 1.165) is 43.8 Å². The van der Waals surface area contributed by atoms with Crippen molar-refractivity contribution in [2.24, 2.45) is 0 Å². The third-order valence-corrected chi connectivity index (χ3v) is 7.01. The van der Waals surface area contributed by atoms with E-state index in [-0.39, 0.29) is 23.5 Å². The lowest BCUT2D eigenvalue weighted by Gasteiger charge is -2.36. The molecule has 1 aliphatic heterocycles. The molecule has 1 saturated heterocycles. The highest BCUT2D eigenvalue weighted by molar-refractivity contribution is 5.92. The number of carbonyl (C=O) groups is 1. The SMILES string of the molecule is Cc1cnc(C(=O)N[C@H]2CC3(CCNCC3)c3c(-c4ccc(OC(C)C)cc4)cccc32)cn1. The van der Waals surface area contributed by atoms with Crippen molar-refractivity contribution in [2.45, 2.75) is 57.6 Å². The maximum Gasteiger partial charge on any atom is 0.271 e. The van der Waals surface area contributed by atoms with Gasteiger partial charge in [-0.3, -0.25) is 9.78 Å². The lowest BCUT2D eigenvalue weighted by atomic mass is 9.72. The van der Waals surface area contributed by atoms with Gasteiger partial charge in [0, 0.05) is 11.6 Å². The molecule has 1 aromatic heterocycles. The van der Waals surface area contributed by atoms with E-state index in [2.05, 4.69) is 50.9 Å². The first kappa shape index (κ1) is 22.5. The van der Waals surface area contributed by atoms with Gasteiger partial charge in [0.15, 0.2) is 0 Å². The van der Waals surface area contributed by atoms with Crippen LogP contribution < -0.4 is 15.4 Å². The van der Waals surface area contributed by atoms with Crippen LogP contribution in [0, 0.1) is 6.92 Å². The van der Waals surface area contributed by atoms with Gasteiger partial charge < -0.3 is 15.4 Å². The molecule has 6 heteroatoms. The number of aromatic nitrogens is 2. The minimum Gasteiger partial charge on any atom is -0.491 e. The van der Waals surface area contributed by atoms with Crippen LogP contribution in [0.25, 0.3) is 11.1 Å². The van der Waals surface area contributed by atoms with E-state index >= 15 is 0 Å². The number of nitrogens with zero attached hydrogens (tertiary/aromatic N) is 2. The van der Waals surface area contributed by atoms with Gasteiger partial charge in [-0.15, -0.1) is 0 Å². The lowest BCUT2D eigenvalue weighted by Crippen LogP contribution is -2.39. The molecule has 0 radical (unpaired) electrons. The molecule has 5 rings (SSSR count). The quantitative estimate of drug-likeness (QED) is 0.580. The Morgan fingerprint density at radius 1 is 1.09 bits per heavy atom. The number of hydrogen-bond acceptors (Lipinski definition) is 5. The molecule has 2 N–H and O–H groups in total. The van der Waals surface area contributed by atoms with E-state index in [1.165, 1.54) is 22.3 Å². The summed E-state index contributed by atoms with van der Waals surface area (Å²) in [5, 5.41) is 6.79. The molecule has 2 aliphatic rings. The number of carbonyl (C=O) groups excluding carboxylic acids is 1. The molecule has 1 aliphatic carbocycles. The predicted molar refractivity (Wildman–Crippen MR) is 133 cm³/mol. The molecule has 2 heterocycles. The highest BCUT2D eigenvalue weighted by Crippen LogP contribution is 2.53. The van der Waals surface area contributed by atoms with Gasteiger partial charge in [-0.25, -0.2) is 4.98 Å². The van der Waals surface area contributed by atoms with Crippen LogP contribution in [0.3, 0.4) is 0 Å². The minimum atomic E-state index is -0.171. The number of hydrogen-bond donors (Lipinski definition) is 2. The van der Waals surface area contributed by atoms with Crippen LogP contribution in [0.2, 0.25) is 0 Å². The molecule has 0 saturated carbocycles. The van der Waals surface area contributed by atoms with Gasteiger partial charge in [0.25, 0.3) is 5.91 Å². The Bertz CT molecular complexity index is 1170. The van der Waals surface area contributed by atoms with Crippen molar-refractivity contribution in [3.05, 3.63) is 77.4 Å². The van der Waals surface area contributed by atoms with Crippen molar-refractivity contribution in [2.75, 3.05) is 13.1 Å². The molecule has 1 amide bonds. The molecule has 0 bridgehead atoms. The number of fused-ring (bicyclic) bond motifs is 2. The van der Waals surface area contributed by atoms with Crippen molar-refractivity contribution < 1.29 is 9.53 Å². The molecular formula is C28H32N4O2.